The fourth-order valence-corrected chi connectivity index (χ4v) is 2.02. The van der Waals surface area contributed by atoms with Gasteiger partial charge in [0.2, 0.25) is 0 Å². The number of benzene rings is 1. The number of aromatic nitrogens is 2. The molecule has 1 aromatic heterocycles. The van der Waals surface area contributed by atoms with E-state index in [9.17, 15) is 5.11 Å². The molecule has 0 saturated heterocycles. The molecule has 21 heavy (non-hydrogen) atoms. The van der Waals surface area contributed by atoms with E-state index in [4.69, 9.17) is 11.6 Å². The van der Waals surface area contributed by atoms with Gasteiger partial charge >= 0.3 is 0 Å². The second kappa shape index (κ2) is 6.31. The van der Waals surface area contributed by atoms with Crippen LogP contribution in [0.3, 0.4) is 0 Å². The largest absolute Gasteiger partial charge is 0.508 e. The van der Waals surface area contributed by atoms with E-state index in [1.807, 2.05) is 12.1 Å². The van der Waals surface area contributed by atoms with Crippen molar-refractivity contribution in [2.45, 2.75) is 32.6 Å². The van der Waals surface area contributed by atoms with Crippen LogP contribution in [0.4, 0.5) is 5.82 Å². The lowest BCUT2D eigenvalue weighted by Crippen LogP contribution is -2.17. The van der Waals surface area contributed by atoms with E-state index >= 15 is 0 Å². The first kappa shape index (κ1) is 15.6. The first-order valence-corrected chi connectivity index (χ1v) is 7.29. The van der Waals surface area contributed by atoms with Gasteiger partial charge in [-0.25, -0.2) is 9.97 Å². The summed E-state index contributed by atoms with van der Waals surface area (Å²) in [6, 6.07) is 8.92. The predicted octanol–water partition coefficient (Wildman–Crippen LogP) is 3.79. The normalized spacial score (nSPS) is 11.4. The molecule has 4 nitrogen and oxygen atoms in total. The van der Waals surface area contributed by atoms with E-state index in [0.717, 1.165) is 30.2 Å². The molecule has 112 valence electrons. The smallest absolute Gasteiger partial charge is 0.137 e. The van der Waals surface area contributed by atoms with Crippen molar-refractivity contribution in [3.8, 4) is 5.75 Å². The molecule has 0 bridgehead atoms. The summed E-state index contributed by atoms with van der Waals surface area (Å²) in [6.07, 6.45) is 0.840. The Bertz CT molecular complexity index is 606. The van der Waals surface area contributed by atoms with E-state index < -0.39 is 0 Å². The summed E-state index contributed by atoms with van der Waals surface area (Å²) >= 11 is 6.05. The monoisotopic (exact) mass is 305 g/mol. The first-order chi connectivity index (χ1) is 9.84. The summed E-state index contributed by atoms with van der Waals surface area (Å²) in [5.74, 6) is 1.74. The molecule has 0 amide bonds. The Hall–Kier alpha value is -1.81. The third kappa shape index (κ3) is 4.60. The van der Waals surface area contributed by atoms with E-state index in [-0.39, 0.29) is 11.2 Å². The average Bonchev–Trinajstić information content (AvgIpc) is 2.39. The maximum atomic E-state index is 9.25. The standard InChI is InChI=1S/C16H20ClN3O/c1-16(2,3)15-19-13(17)10-14(20-15)18-9-8-11-4-6-12(21)7-5-11/h4-7,10,21H,8-9H2,1-3H3,(H,18,19,20). The fourth-order valence-electron chi connectivity index (χ4n) is 1.84. The molecule has 5 heteroatoms. The summed E-state index contributed by atoms with van der Waals surface area (Å²) in [4.78, 5) is 8.77. The number of hydrogen-bond donors (Lipinski definition) is 2. The fraction of sp³-hybridized carbons (Fsp3) is 0.375. The number of nitrogens with one attached hydrogen (secondary N) is 1. The Kier molecular flexibility index (Phi) is 4.68. The zero-order valence-corrected chi connectivity index (χ0v) is 13.3. The van der Waals surface area contributed by atoms with Gasteiger partial charge in [0.15, 0.2) is 0 Å². The minimum Gasteiger partial charge on any atom is -0.508 e. The molecule has 0 unspecified atom stereocenters. The maximum absolute atomic E-state index is 9.25. The number of anilines is 1. The van der Waals surface area contributed by atoms with Crippen LogP contribution in [0, 0.1) is 0 Å². The zero-order valence-electron chi connectivity index (χ0n) is 12.5. The molecule has 0 atom stereocenters. The minimum absolute atomic E-state index is 0.141. The molecular weight excluding hydrogens is 286 g/mol. The maximum Gasteiger partial charge on any atom is 0.137 e. The van der Waals surface area contributed by atoms with Gasteiger partial charge in [0, 0.05) is 18.0 Å². The van der Waals surface area contributed by atoms with Crippen molar-refractivity contribution in [1.82, 2.24) is 9.97 Å². The topological polar surface area (TPSA) is 58.0 Å². The van der Waals surface area contributed by atoms with Crippen LogP contribution in [0.25, 0.3) is 0 Å². The molecule has 0 aliphatic rings. The van der Waals surface area contributed by atoms with Gasteiger partial charge in [-0.1, -0.05) is 44.5 Å². The van der Waals surface area contributed by atoms with Crippen LogP contribution in [-0.2, 0) is 11.8 Å². The number of halogens is 1. The quantitative estimate of drug-likeness (QED) is 0.844. The summed E-state index contributed by atoms with van der Waals surface area (Å²) in [6.45, 7) is 6.90. The van der Waals surface area contributed by atoms with Crippen LogP contribution in [0.15, 0.2) is 30.3 Å². The molecule has 2 rings (SSSR count). The Morgan fingerprint density at radius 1 is 1.14 bits per heavy atom. The molecule has 0 fully saturated rings. The molecule has 0 radical (unpaired) electrons. The molecule has 0 aliphatic carbocycles. The lowest BCUT2D eigenvalue weighted by molar-refractivity contribution is 0.475. The van der Waals surface area contributed by atoms with Crippen LogP contribution in [-0.4, -0.2) is 21.6 Å². The van der Waals surface area contributed by atoms with Crippen LogP contribution in [0.5, 0.6) is 5.75 Å². The van der Waals surface area contributed by atoms with Gasteiger partial charge in [-0.05, 0) is 24.1 Å². The highest BCUT2D eigenvalue weighted by molar-refractivity contribution is 6.29. The number of rotatable bonds is 4. The molecule has 2 aromatic rings. The second-order valence-corrected chi connectivity index (χ2v) is 6.38. The van der Waals surface area contributed by atoms with Crippen LogP contribution >= 0.6 is 11.6 Å². The highest BCUT2D eigenvalue weighted by Crippen LogP contribution is 2.22. The lowest BCUT2D eigenvalue weighted by atomic mass is 9.96. The number of aromatic hydroxyl groups is 1. The van der Waals surface area contributed by atoms with Crippen LogP contribution < -0.4 is 5.32 Å². The predicted molar refractivity (Wildman–Crippen MR) is 86.0 cm³/mol. The van der Waals surface area contributed by atoms with Crippen molar-refractivity contribution in [2.24, 2.45) is 0 Å². The SMILES string of the molecule is CC(C)(C)c1nc(Cl)cc(NCCc2ccc(O)cc2)n1. The molecule has 1 heterocycles. The number of phenolic OH excluding ortho intramolecular Hbond substituents is 1. The van der Waals surface area contributed by atoms with Gasteiger partial charge in [-0.3, -0.25) is 0 Å². The Morgan fingerprint density at radius 2 is 1.81 bits per heavy atom. The number of hydrogen-bond acceptors (Lipinski definition) is 4. The van der Waals surface area contributed by atoms with Crippen molar-refractivity contribution in [2.75, 3.05) is 11.9 Å². The molecule has 0 spiro atoms. The van der Waals surface area contributed by atoms with Crippen molar-refractivity contribution >= 4 is 17.4 Å². The Balaban J connectivity index is 2.00. The molecule has 1 aromatic carbocycles. The van der Waals surface area contributed by atoms with Gasteiger partial charge in [-0.15, -0.1) is 0 Å². The molecule has 2 N–H and O–H groups in total. The summed E-state index contributed by atoms with van der Waals surface area (Å²) in [5, 5.41) is 13.0. The van der Waals surface area contributed by atoms with E-state index in [1.54, 1.807) is 18.2 Å². The number of phenols is 1. The van der Waals surface area contributed by atoms with Crippen molar-refractivity contribution in [3.63, 3.8) is 0 Å². The van der Waals surface area contributed by atoms with Gasteiger partial charge in [-0.2, -0.15) is 0 Å². The summed E-state index contributed by atoms with van der Waals surface area (Å²) in [5.41, 5.74) is 1.01. The van der Waals surface area contributed by atoms with E-state index in [2.05, 4.69) is 36.1 Å². The van der Waals surface area contributed by atoms with Crippen molar-refractivity contribution < 1.29 is 5.11 Å². The third-order valence-corrected chi connectivity index (χ3v) is 3.22. The average molecular weight is 306 g/mol. The summed E-state index contributed by atoms with van der Waals surface area (Å²) in [7, 11) is 0. The highest BCUT2D eigenvalue weighted by Gasteiger charge is 2.18. The minimum atomic E-state index is -0.141. The third-order valence-electron chi connectivity index (χ3n) is 3.02. The Morgan fingerprint density at radius 3 is 2.43 bits per heavy atom. The van der Waals surface area contributed by atoms with Gasteiger partial charge < -0.3 is 10.4 Å². The van der Waals surface area contributed by atoms with Gasteiger partial charge in [0.05, 0.1) is 0 Å². The van der Waals surface area contributed by atoms with Crippen LogP contribution in [0.1, 0.15) is 32.2 Å². The first-order valence-electron chi connectivity index (χ1n) is 6.91. The molecule has 0 aliphatic heterocycles. The van der Waals surface area contributed by atoms with Crippen LogP contribution in [0.2, 0.25) is 5.15 Å². The van der Waals surface area contributed by atoms with Gasteiger partial charge in [0.25, 0.3) is 0 Å². The Labute approximate surface area is 130 Å². The van der Waals surface area contributed by atoms with Crippen molar-refractivity contribution in [3.05, 3.63) is 46.9 Å². The number of nitrogens with zero attached hydrogens (tertiary/aromatic N) is 2. The molecule has 0 saturated carbocycles. The summed E-state index contributed by atoms with van der Waals surface area (Å²) < 4.78 is 0. The lowest BCUT2D eigenvalue weighted by Gasteiger charge is -2.17. The molecular formula is C16H20ClN3O. The van der Waals surface area contributed by atoms with Crippen molar-refractivity contribution in [1.29, 1.82) is 0 Å². The van der Waals surface area contributed by atoms with Gasteiger partial charge in [0.1, 0.15) is 22.5 Å². The van der Waals surface area contributed by atoms with E-state index in [1.165, 1.54) is 0 Å². The van der Waals surface area contributed by atoms with E-state index in [0.29, 0.717) is 5.15 Å². The highest BCUT2D eigenvalue weighted by atomic mass is 35.5. The zero-order chi connectivity index (χ0) is 15.5. The second-order valence-electron chi connectivity index (χ2n) is 5.99.